The molecule has 0 aromatic heterocycles. The smallest absolute Gasteiger partial charge is 0.243 e. The van der Waals surface area contributed by atoms with E-state index in [2.05, 4.69) is 0 Å². The molecule has 1 aliphatic heterocycles. The third-order valence-electron chi connectivity index (χ3n) is 3.48. The second kappa shape index (κ2) is 5.79. The number of halogens is 1. The summed E-state index contributed by atoms with van der Waals surface area (Å²) >= 11 is 5.78. The van der Waals surface area contributed by atoms with E-state index in [1.165, 1.54) is 16.4 Å². The first kappa shape index (κ1) is 14.8. The number of hydrogen-bond donors (Lipinski definition) is 1. The van der Waals surface area contributed by atoms with Crippen LogP contribution in [0.2, 0.25) is 5.02 Å². The zero-order valence-electron chi connectivity index (χ0n) is 10.8. The Kier molecular flexibility index (Phi) is 4.50. The lowest BCUT2D eigenvalue weighted by atomic mass is 10.0. The molecule has 106 valence electrons. The summed E-state index contributed by atoms with van der Waals surface area (Å²) in [6.45, 7) is 2.10. The van der Waals surface area contributed by atoms with Crippen LogP contribution in [-0.2, 0) is 10.0 Å². The Morgan fingerprint density at radius 3 is 2.53 bits per heavy atom. The third kappa shape index (κ3) is 3.11. The van der Waals surface area contributed by atoms with Gasteiger partial charge in [0.25, 0.3) is 0 Å². The highest BCUT2D eigenvalue weighted by Crippen LogP contribution is 2.27. The van der Waals surface area contributed by atoms with Crippen molar-refractivity contribution in [2.45, 2.75) is 43.2 Å². The zero-order chi connectivity index (χ0) is 14.0. The predicted octanol–water partition coefficient (Wildman–Crippen LogP) is 2.26. The van der Waals surface area contributed by atoms with E-state index in [1.54, 1.807) is 19.1 Å². The van der Waals surface area contributed by atoms with Gasteiger partial charge in [0, 0.05) is 11.6 Å². The first-order chi connectivity index (χ1) is 8.93. The molecule has 1 aromatic rings. The van der Waals surface area contributed by atoms with Crippen LogP contribution < -0.4 is 0 Å². The maximum atomic E-state index is 12.6. The third-order valence-corrected chi connectivity index (χ3v) is 5.67. The number of nitrogens with zero attached hydrogens (tertiary/aromatic N) is 1. The molecule has 2 unspecified atom stereocenters. The van der Waals surface area contributed by atoms with E-state index < -0.39 is 16.1 Å². The van der Waals surface area contributed by atoms with Crippen molar-refractivity contribution in [2.24, 2.45) is 0 Å². The molecule has 0 spiro atoms. The Morgan fingerprint density at radius 2 is 1.95 bits per heavy atom. The van der Waals surface area contributed by atoms with Gasteiger partial charge in [-0.2, -0.15) is 4.31 Å². The molecule has 0 radical (unpaired) electrons. The Morgan fingerprint density at radius 1 is 1.32 bits per heavy atom. The van der Waals surface area contributed by atoms with Gasteiger partial charge >= 0.3 is 0 Å². The SMILES string of the molecule is CC(O)C1CCCCN1S(=O)(=O)c1ccc(Cl)cc1. The normalized spacial score (nSPS) is 23.2. The summed E-state index contributed by atoms with van der Waals surface area (Å²) in [7, 11) is -3.56. The van der Waals surface area contributed by atoms with Crippen molar-refractivity contribution in [2.75, 3.05) is 6.54 Å². The number of benzene rings is 1. The van der Waals surface area contributed by atoms with Crippen molar-refractivity contribution < 1.29 is 13.5 Å². The monoisotopic (exact) mass is 303 g/mol. The van der Waals surface area contributed by atoms with Gasteiger partial charge in [0.1, 0.15) is 0 Å². The van der Waals surface area contributed by atoms with E-state index >= 15 is 0 Å². The fraction of sp³-hybridized carbons (Fsp3) is 0.538. The standard InChI is InChI=1S/C13H18ClNO3S/c1-10(16)13-4-2-3-9-15(13)19(17,18)12-7-5-11(14)6-8-12/h5-8,10,13,16H,2-4,9H2,1H3. The molecular weight excluding hydrogens is 286 g/mol. The number of hydrogen-bond acceptors (Lipinski definition) is 3. The molecule has 1 N–H and O–H groups in total. The molecule has 0 bridgehead atoms. The fourth-order valence-corrected chi connectivity index (χ4v) is 4.34. The van der Waals surface area contributed by atoms with Gasteiger partial charge in [-0.3, -0.25) is 0 Å². The molecule has 6 heteroatoms. The van der Waals surface area contributed by atoms with Crippen molar-refractivity contribution in [1.82, 2.24) is 4.31 Å². The lowest BCUT2D eigenvalue weighted by molar-refractivity contribution is 0.0831. The van der Waals surface area contributed by atoms with Crippen LogP contribution in [0.5, 0.6) is 0 Å². The minimum atomic E-state index is -3.56. The molecule has 19 heavy (non-hydrogen) atoms. The first-order valence-corrected chi connectivity index (χ1v) is 8.20. The number of aliphatic hydroxyl groups excluding tert-OH is 1. The Hall–Kier alpha value is -0.620. The number of sulfonamides is 1. The van der Waals surface area contributed by atoms with Crippen LogP contribution >= 0.6 is 11.6 Å². The molecule has 0 aliphatic carbocycles. The first-order valence-electron chi connectivity index (χ1n) is 6.38. The topological polar surface area (TPSA) is 57.6 Å². The van der Waals surface area contributed by atoms with Gasteiger partial charge < -0.3 is 5.11 Å². The number of aliphatic hydroxyl groups is 1. The van der Waals surface area contributed by atoms with Gasteiger partial charge in [-0.15, -0.1) is 0 Å². The minimum absolute atomic E-state index is 0.226. The van der Waals surface area contributed by atoms with Crippen LogP contribution in [0.3, 0.4) is 0 Å². The van der Waals surface area contributed by atoms with Crippen molar-refractivity contribution in [3.8, 4) is 0 Å². The molecule has 1 heterocycles. The van der Waals surface area contributed by atoms with Crippen molar-refractivity contribution in [3.05, 3.63) is 29.3 Å². The molecule has 0 saturated carbocycles. The average Bonchev–Trinajstić information content (AvgIpc) is 2.39. The maximum Gasteiger partial charge on any atom is 0.243 e. The largest absolute Gasteiger partial charge is 0.392 e. The minimum Gasteiger partial charge on any atom is -0.392 e. The molecule has 1 aromatic carbocycles. The molecule has 1 aliphatic rings. The molecule has 2 atom stereocenters. The average molecular weight is 304 g/mol. The molecule has 0 amide bonds. The van der Waals surface area contributed by atoms with Gasteiger partial charge in [0.2, 0.25) is 10.0 Å². The van der Waals surface area contributed by atoms with E-state index in [9.17, 15) is 13.5 Å². The van der Waals surface area contributed by atoms with E-state index in [1.807, 2.05) is 0 Å². The Labute approximate surface area is 119 Å². The van der Waals surface area contributed by atoms with Crippen molar-refractivity contribution in [1.29, 1.82) is 0 Å². The quantitative estimate of drug-likeness (QED) is 0.932. The second-order valence-corrected chi connectivity index (χ2v) is 7.20. The van der Waals surface area contributed by atoms with Crippen LogP contribution in [0.1, 0.15) is 26.2 Å². The number of piperidine rings is 1. The summed E-state index contributed by atoms with van der Waals surface area (Å²) < 4.78 is 26.6. The van der Waals surface area contributed by atoms with Crippen molar-refractivity contribution >= 4 is 21.6 Å². The lowest BCUT2D eigenvalue weighted by Gasteiger charge is -2.36. The van der Waals surface area contributed by atoms with Gasteiger partial charge in [0.05, 0.1) is 17.0 Å². The van der Waals surface area contributed by atoms with Gasteiger partial charge in [0.15, 0.2) is 0 Å². The summed E-state index contributed by atoms with van der Waals surface area (Å²) in [6, 6.07) is 5.80. The van der Waals surface area contributed by atoms with Gasteiger partial charge in [-0.05, 0) is 44.0 Å². The molecule has 1 saturated heterocycles. The Bertz CT molecular complexity index is 527. The van der Waals surface area contributed by atoms with E-state index in [-0.39, 0.29) is 10.9 Å². The highest BCUT2D eigenvalue weighted by atomic mass is 35.5. The van der Waals surface area contributed by atoms with Gasteiger partial charge in [-0.1, -0.05) is 18.0 Å². The highest BCUT2D eigenvalue weighted by Gasteiger charge is 2.35. The molecular formula is C13H18ClNO3S. The predicted molar refractivity (Wildman–Crippen MR) is 74.7 cm³/mol. The summed E-state index contributed by atoms with van der Waals surface area (Å²) in [4.78, 5) is 0.226. The van der Waals surface area contributed by atoms with E-state index in [0.29, 0.717) is 18.0 Å². The van der Waals surface area contributed by atoms with E-state index in [0.717, 1.165) is 12.8 Å². The summed E-state index contributed by atoms with van der Waals surface area (Å²) in [5.41, 5.74) is 0. The zero-order valence-corrected chi connectivity index (χ0v) is 12.4. The summed E-state index contributed by atoms with van der Waals surface area (Å²) in [6.07, 6.45) is 1.81. The number of rotatable bonds is 3. The van der Waals surface area contributed by atoms with Crippen LogP contribution in [0.25, 0.3) is 0 Å². The second-order valence-electron chi connectivity index (χ2n) is 4.87. The molecule has 1 fully saturated rings. The van der Waals surface area contributed by atoms with E-state index in [4.69, 9.17) is 11.6 Å². The van der Waals surface area contributed by atoms with Crippen LogP contribution in [0.4, 0.5) is 0 Å². The maximum absolute atomic E-state index is 12.6. The summed E-state index contributed by atoms with van der Waals surface area (Å²) in [5.74, 6) is 0. The van der Waals surface area contributed by atoms with Crippen molar-refractivity contribution in [3.63, 3.8) is 0 Å². The summed E-state index contributed by atoms with van der Waals surface area (Å²) in [5, 5.41) is 10.3. The lowest BCUT2D eigenvalue weighted by Crippen LogP contribution is -2.48. The fourth-order valence-electron chi connectivity index (χ4n) is 2.45. The van der Waals surface area contributed by atoms with Gasteiger partial charge in [-0.25, -0.2) is 8.42 Å². The molecule has 2 rings (SSSR count). The van der Waals surface area contributed by atoms with Crippen LogP contribution in [-0.4, -0.2) is 36.5 Å². The Balaban J connectivity index is 2.34. The highest BCUT2D eigenvalue weighted by molar-refractivity contribution is 7.89. The van der Waals surface area contributed by atoms with Crippen LogP contribution in [0.15, 0.2) is 29.2 Å². The van der Waals surface area contributed by atoms with Crippen LogP contribution in [0, 0.1) is 0 Å². The molecule has 4 nitrogen and oxygen atoms in total.